The molecule has 0 radical (unpaired) electrons. The van der Waals surface area contributed by atoms with Crippen LogP contribution >= 0.6 is 0 Å². The molecule has 2 unspecified atom stereocenters. The molecule has 1 fully saturated rings. The maximum Gasteiger partial charge on any atom is 0.293 e. The van der Waals surface area contributed by atoms with Gasteiger partial charge in [-0.3, -0.25) is 4.68 Å². The summed E-state index contributed by atoms with van der Waals surface area (Å²) < 4.78 is 29.2. The Labute approximate surface area is 87.3 Å². The van der Waals surface area contributed by atoms with Gasteiger partial charge in [-0.05, 0) is 18.8 Å². The molecule has 0 bridgehead atoms. The zero-order valence-corrected chi connectivity index (χ0v) is 8.71. The molecule has 0 amide bonds. The Kier molecular flexibility index (Phi) is 1.74. The number of hydrogen-bond acceptors (Lipinski definition) is 1. The molecule has 0 N–H and O–H groups in total. The van der Waals surface area contributed by atoms with E-state index in [9.17, 15) is 8.78 Å². The van der Waals surface area contributed by atoms with Crippen LogP contribution in [0.5, 0.6) is 0 Å². The van der Waals surface area contributed by atoms with E-state index in [4.69, 9.17) is 0 Å². The molecule has 2 atom stereocenters. The topological polar surface area (TPSA) is 17.8 Å². The van der Waals surface area contributed by atoms with Gasteiger partial charge in [-0.2, -0.15) is 13.9 Å². The molecule has 1 aromatic rings. The molecule has 3 rings (SSSR count). The van der Waals surface area contributed by atoms with Gasteiger partial charge in [0.25, 0.3) is 5.92 Å². The van der Waals surface area contributed by atoms with E-state index in [2.05, 4.69) is 12.0 Å². The van der Waals surface area contributed by atoms with Gasteiger partial charge in [-0.15, -0.1) is 0 Å². The molecule has 0 aromatic carbocycles. The molecule has 2 aliphatic rings. The lowest BCUT2D eigenvalue weighted by Crippen LogP contribution is -2.20. The molecule has 1 heterocycles. The largest absolute Gasteiger partial charge is 0.293 e. The van der Waals surface area contributed by atoms with E-state index in [0.29, 0.717) is 13.0 Å². The zero-order valence-electron chi connectivity index (χ0n) is 8.71. The summed E-state index contributed by atoms with van der Waals surface area (Å²) in [5.41, 5.74) is 1.01. The third-order valence-electron chi connectivity index (χ3n) is 3.56. The lowest BCUT2D eigenvalue weighted by Gasteiger charge is -2.15. The molecule has 15 heavy (non-hydrogen) atoms. The van der Waals surface area contributed by atoms with Crippen LogP contribution in [-0.4, -0.2) is 9.78 Å². The molecule has 1 saturated carbocycles. The third-order valence-corrected chi connectivity index (χ3v) is 3.56. The average molecular weight is 212 g/mol. The van der Waals surface area contributed by atoms with Gasteiger partial charge in [0.15, 0.2) is 0 Å². The summed E-state index contributed by atoms with van der Waals surface area (Å²) in [5, 5.41) is 4.08. The summed E-state index contributed by atoms with van der Waals surface area (Å²) in [4.78, 5) is 0. The van der Waals surface area contributed by atoms with Gasteiger partial charge in [0.05, 0.1) is 6.20 Å². The Hall–Kier alpha value is -0.930. The van der Waals surface area contributed by atoms with Gasteiger partial charge in [-0.25, -0.2) is 0 Å². The van der Waals surface area contributed by atoms with Crippen molar-refractivity contribution in [3.63, 3.8) is 0 Å². The fourth-order valence-electron chi connectivity index (χ4n) is 2.63. The molecule has 2 nitrogen and oxygen atoms in total. The molecular weight excluding hydrogens is 198 g/mol. The van der Waals surface area contributed by atoms with Gasteiger partial charge in [-0.1, -0.05) is 13.3 Å². The highest BCUT2D eigenvalue weighted by molar-refractivity contribution is 5.41. The minimum absolute atomic E-state index is 0.102. The lowest BCUT2D eigenvalue weighted by molar-refractivity contribution is -0.0311. The maximum atomic E-state index is 13.8. The van der Waals surface area contributed by atoms with Gasteiger partial charge >= 0.3 is 0 Å². The number of aromatic nitrogens is 2. The lowest BCUT2D eigenvalue weighted by atomic mass is 10.1. The smallest absolute Gasteiger partial charge is 0.263 e. The van der Waals surface area contributed by atoms with Crippen molar-refractivity contribution in [2.45, 2.75) is 44.6 Å². The second-order valence-electron chi connectivity index (χ2n) is 4.60. The first kappa shape index (κ1) is 9.31. The Balaban J connectivity index is 1.97. The first-order valence-corrected chi connectivity index (χ1v) is 5.60. The number of fused-ring (bicyclic) bond motifs is 3. The molecule has 0 saturated heterocycles. The fourth-order valence-corrected chi connectivity index (χ4v) is 2.63. The van der Waals surface area contributed by atoms with Crippen molar-refractivity contribution in [2.24, 2.45) is 5.92 Å². The highest BCUT2D eigenvalue weighted by Crippen LogP contribution is 2.66. The maximum absolute atomic E-state index is 13.8. The quantitative estimate of drug-likeness (QED) is 0.753. The predicted molar refractivity (Wildman–Crippen MR) is 51.9 cm³/mol. The molecule has 2 aliphatic carbocycles. The summed E-state index contributed by atoms with van der Waals surface area (Å²) in [5.74, 6) is -2.94. The number of hydrogen-bond donors (Lipinski definition) is 0. The molecule has 4 heteroatoms. The Morgan fingerprint density at radius 3 is 3.13 bits per heavy atom. The SMILES string of the molecule is CCCCn1ncc2c1C(F)(F)C1CC21. The number of unbranched alkanes of at least 4 members (excludes halogenated alkanes) is 1. The van der Waals surface area contributed by atoms with Crippen molar-refractivity contribution in [3.8, 4) is 0 Å². The van der Waals surface area contributed by atoms with E-state index >= 15 is 0 Å². The normalized spacial score (nSPS) is 30.1. The Bertz CT molecular complexity index is 397. The standard InChI is InChI=1S/C11H14F2N2/c1-2-3-4-15-10-8(6-14-15)7-5-9(7)11(10,12)13/h6-7,9H,2-5H2,1H3. The summed E-state index contributed by atoms with van der Waals surface area (Å²) >= 11 is 0. The van der Waals surface area contributed by atoms with Crippen LogP contribution in [-0.2, 0) is 12.5 Å². The number of nitrogens with zero attached hydrogens (tertiary/aromatic N) is 2. The van der Waals surface area contributed by atoms with Crippen LogP contribution in [0.25, 0.3) is 0 Å². The molecule has 0 aliphatic heterocycles. The highest BCUT2D eigenvalue weighted by Gasteiger charge is 2.65. The van der Waals surface area contributed by atoms with Crippen molar-refractivity contribution < 1.29 is 8.78 Å². The molecule has 0 spiro atoms. The fraction of sp³-hybridized carbons (Fsp3) is 0.727. The van der Waals surface area contributed by atoms with E-state index in [1.165, 1.54) is 4.68 Å². The zero-order chi connectivity index (χ0) is 10.6. The van der Waals surface area contributed by atoms with Crippen LogP contribution < -0.4 is 0 Å². The number of rotatable bonds is 3. The summed E-state index contributed by atoms with van der Waals surface area (Å²) in [6.45, 7) is 2.68. The van der Waals surface area contributed by atoms with Crippen molar-refractivity contribution in [3.05, 3.63) is 17.5 Å². The monoisotopic (exact) mass is 212 g/mol. The third kappa shape index (κ3) is 1.11. The van der Waals surface area contributed by atoms with Gasteiger partial charge in [0, 0.05) is 18.0 Å². The summed E-state index contributed by atoms with van der Waals surface area (Å²) in [6.07, 6.45) is 4.22. The van der Waals surface area contributed by atoms with Gasteiger partial charge < -0.3 is 0 Å². The number of alkyl halides is 2. The van der Waals surface area contributed by atoms with Crippen molar-refractivity contribution >= 4 is 0 Å². The minimum Gasteiger partial charge on any atom is -0.263 e. The second-order valence-corrected chi connectivity index (χ2v) is 4.60. The second kappa shape index (κ2) is 2.80. The van der Waals surface area contributed by atoms with Crippen LogP contribution in [0.3, 0.4) is 0 Å². The first-order valence-electron chi connectivity index (χ1n) is 5.60. The van der Waals surface area contributed by atoms with Crippen LogP contribution in [0.4, 0.5) is 8.78 Å². The average Bonchev–Trinajstić information content (AvgIpc) is 2.83. The molecular formula is C11H14F2N2. The Morgan fingerprint density at radius 1 is 1.60 bits per heavy atom. The van der Waals surface area contributed by atoms with E-state index in [1.54, 1.807) is 6.20 Å². The van der Waals surface area contributed by atoms with Gasteiger partial charge in [0.1, 0.15) is 5.69 Å². The number of halogens is 2. The van der Waals surface area contributed by atoms with Crippen molar-refractivity contribution in [1.82, 2.24) is 9.78 Å². The van der Waals surface area contributed by atoms with Crippen LogP contribution in [0.1, 0.15) is 43.4 Å². The summed E-state index contributed by atoms with van der Waals surface area (Å²) in [7, 11) is 0. The van der Waals surface area contributed by atoms with Crippen molar-refractivity contribution in [2.75, 3.05) is 0 Å². The summed E-state index contributed by atoms with van der Waals surface area (Å²) in [6, 6.07) is 0. The van der Waals surface area contributed by atoms with Crippen LogP contribution in [0.2, 0.25) is 0 Å². The van der Waals surface area contributed by atoms with Crippen molar-refractivity contribution in [1.29, 1.82) is 0 Å². The van der Waals surface area contributed by atoms with E-state index in [-0.39, 0.29) is 11.6 Å². The predicted octanol–water partition coefficient (Wildman–Crippen LogP) is 2.89. The molecule has 1 aromatic heterocycles. The van der Waals surface area contributed by atoms with Crippen LogP contribution in [0, 0.1) is 5.92 Å². The Morgan fingerprint density at radius 2 is 2.40 bits per heavy atom. The van der Waals surface area contributed by atoms with E-state index in [1.807, 2.05) is 0 Å². The highest BCUT2D eigenvalue weighted by atomic mass is 19.3. The van der Waals surface area contributed by atoms with Crippen LogP contribution in [0.15, 0.2) is 6.20 Å². The van der Waals surface area contributed by atoms with E-state index in [0.717, 1.165) is 18.4 Å². The number of aryl methyl sites for hydroxylation is 1. The van der Waals surface area contributed by atoms with E-state index < -0.39 is 11.8 Å². The van der Waals surface area contributed by atoms with Gasteiger partial charge in [0.2, 0.25) is 0 Å². The minimum atomic E-state index is -2.62. The first-order chi connectivity index (χ1) is 7.16. The molecule has 82 valence electrons.